The number of aryl methyl sites for hydroxylation is 2. The molecule has 3 aromatic rings. The van der Waals surface area contributed by atoms with E-state index in [0.717, 1.165) is 11.6 Å². The van der Waals surface area contributed by atoms with Gasteiger partial charge < -0.3 is 5.32 Å². The average Bonchev–Trinajstić information content (AvgIpc) is 3.12. The monoisotopic (exact) mass is 344 g/mol. The van der Waals surface area contributed by atoms with Crippen LogP contribution in [0.1, 0.15) is 53.6 Å². The van der Waals surface area contributed by atoms with E-state index >= 15 is 0 Å². The number of fused-ring (bicyclic) bond motifs is 1. The van der Waals surface area contributed by atoms with Gasteiger partial charge in [0.05, 0.1) is 0 Å². The third kappa shape index (κ3) is 2.92. The lowest BCUT2D eigenvalue weighted by atomic mass is 9.96. The Bertz CT molecular complexity index is 964. The van der Waals surface area contributed by atoms with Gasteiger partial charge >= 0.3 is 0 Å². The van der Waals surface area contributed by atoms with E-state index in [1.165, 1.54) is 27.8 Å². The summed E-state index contributed by atoms with van der Waals surface area (Å²) >= 11 is 0. The van der Waals surface area contributed by atoms with Crippen molar-refractivity contribution in [2.45, 2.75) is 39.7 Å². The van der Waals surface area contributed by atoms with Crippen LogP contribution in [0, 0.1) is 13.8 Å². The summed E-state index contributed by atoms with van der Waals surface area (Å²) in [5, 5.41) is 7.85. The fourth-order valence-electron chi connectivity index (χ4n) is 3.33. The van der Waals surface area contributed by atoms with Gasteiger partial charge in [-0.25, -0.2) is 4.68 Å². The molecule has 0 saturated carbocycles. The van der Waals surface area contributed by atoms with Gasteiger partial charge in [0.1, 0.15) is 12.4 Å². The molecule has 4 heteroatoms. The van der Waals surface area contributed by atoms with Gasteiger partial charge in [0.25, 0.3) is 0 Å². The highest BCUT2D eigenvalue weighted by Crippen LogP contribution is 2.32. The number of aromatic nitrogens is 3. The van der Waals surface area contributed by atoms with Crippen LogP contribution >= 0.6 is 0 Å². The maximum Gasteiger partial charge on any atom is 0.226 e. The van der Waals surface area contributed by atoms with Crippen molar-refractivity contribution < 1.29 is 0 Å². The van der Waals surface area contributed by atoms with Crippen LogP contribution < -0.4 is 5.32 Å². The zero-order valence-corrected chi connectivity index (χ0v) is 15.7. The highest BCUT2D eigenvalue weighted by Gasteiger charge is 2.23. The third-order valence-electron chi connectivity index (χ3n) is 5.17. The molecule has 0 bridgehead atoms. The molecule has 0 radical (unpaired) electrons. The fraction of sp³-hybridized carbons (Fsp3) is 0.273. The molecule has 26 heavy (non-hydrogen) atoms. The molecular formula is C22H24N4. The second kappa shape index (κ2) is 6.45. The van der Waals surface area contributed by atoms with E-state index in [2.05, 4.69) is 91.6 Å². The van der Waals surface area contributed by atoms with Crippen molar-refractivity contribution in [3.05, 3.63) is 82.7 Å². The van der Waals surface area contributed by atoms with E-state index in [1.54, 1.807) is 6.33 Å². The van der Waals surface area contributed by atoms with Crippen LogP contribution in [-0.4, -0.2) is 14.8 Å². The van der Waals surface area contributed by atoms with Crippen LogP contribution in [0.25, 0.3) is 5.70 Å². The molecule has 1 N–H and O–H groups in total. The smallest absolute Gasteiger partial charge is 0.226 e. The summed E-state index contributed by atoms with van der Waals surface area (Å²) < 4.78 is 1.94. The molecule has 2 heterocycles. The zero-order valence-electron chi connectivity index (χ0n) is 15.7. The lowest BCUT2D eigenvalue weighted by Crippen LogP contribution is -2.20. The normalized spacial score (nSPS) is 16.2. The lowest BCUT2D eigenvalue weighted by molar-refractivity contribution is 0.611. The topological polar surface area (TPSA) is 42.7 Å². The average molecular weight is 344 g/mol. The Morgan fingerprint density at radius 3 is 2.46 bits per heavy atom. The molecule has 1 aliphatic heterocycles. The Kier molecular flexibility index (Phi) is 4.11. The van der Waals surface area contributed by atoms with E-state index in [9.17, 15) is 0 Å². The number of allylic oxidation sites excluding steroid dienone is 1. The molecule has 1 aromatic heterocycles. The van der Waals surface area contributed by atoms with Gasteiger partial charge in [-0.2, -0.15) is 10.1 Å². The van der Waals surface area contributed by atoms with Crippen molar-refractivity contribution in [2.75, 3.05) is 5.32 Å². The second-order valence-electron chi connectivity index (χ2n) is 7.30. The van der Waals surface area contributed by atoms with E-state index in [4.69, 9.17) is 0 Å². The summed E-state index contributed by atoms with van der Waals surface area (Å²) in [5.74, 6) is 1.30. The van der Waals surface area contributed by atoms with Gasteiger partial charge in [-0.05, 0) is 59.7 Å². The van der Waals surface area contributed by atoms with Crippen LogP contribution in [0.4, 0.5) is 5.95 Å². The summed E-state index contributed by atoms with van der Waals surface area (Å²) in [6.07, 6.45) is 3.84. The Hall–Kier alpha value is -2.88. The predicted octanol–water partition coefficient (Wildman–Crippen LogP) is 5.07. The molecular weight excluding hydrogens is 320 g/mol. The van der Waals surface area contributed by atoms with E-state index in [-0.39, 0.29) is 6.04 Å². The van der Waals surface area contributed by atoms with Crippen molar-refractivity contribution >= 4 is 11.6 Å². The summed E-state index contributed by atoms with van der Waals surface area (Å²) in [6, 6.07) is 15.4. The minimum absolute atomic E-state index is 0.0339. The number of rotatable bonds is 3. The lowest BCUT2D eigenvalue weighted by Gasteiger charge is -2.25. The molecule has 1 atom stereocenters. The first-order chi connectivity index (χ1) is 12.5. The van der Waals surface area contributed by atoms with Crippen LogP contribution in [0.2, 0.25) is 0 Å². The van der Waals surface area contributed by atoms with E-state index in [1.807, 2.05) is 4.68 Å². The molecule has 0 spiro atoms. The van der Waals surface area contributed by atoms with Crippen molar-refractivity contribution in [1.82, 2.24) is 14.8 Å². The third-order valence-corrected chi connectivity index (χ3v) is 5.17. The van der Waals surface area contributed by atoms with Gasteiger partial charge in [0, 0.05) is 5.70 Å². The van der Waals surface area contributed by atoms with Gasteiger partial charge in [-0.15, -0.1) is 0 Å². The first-order valence-corrected chi connectivity index (χ1v) is 9.09. The summed E-state index contributed by atoms with van der Waals surface area (Å²) in [5.41, 5.74) is 7.39. The fourth-order valence-corrected chi connectivity index (χ4v) is 3.33. The van der Waals surface area contributed by atoms with Gasteiger partial charge in [0.2, 0.25) is 5.95 Å². The van der Waals surface area contributed by atoms with Crippen molar-refractivity contribution in [3.63, 3.8) is 0 Å². The standard InChI is InChI=1S/C22H24N4/c1-14(2)17-7-9-18(10-8-17)21-12-20(25-22-23-13-24-26(21)22)19-6-5-15(3)16(4)11-19/h5-14,21H,1-4H3,(H,23,24,25)/t21-/m1/s1. The second-order valence-corrected chi connectivity index (χ2v) is 7.30. The molecule has 4 rings (SSSR count). The van der Waals surface area contributed by atoms with Gasteiger partial charge in [-0.3, -0.25) is 0 Å². The van der Waals surface area contributed by atoms with Crippen LogP contribution in [0.15, 0.2) is 54.9 Å². The maximum absolute atomic E-state index is 4.43. The van der Waals surface area contributed by atoms with Gasteiger partial charge in [-0.1, -0.05) is 50.2 Å². The molecule has 2 aromatic carbocycles. The minimum Gasteiger partial charge on any atom is -0.324 e. The highest BCUT2D eigenvalue weighted by molar-refractivity contribution is 5.77. The number of anilines is 1. The predicted molar refractivity (Wildman–Crippen MR) is 106 cm³/mol. The van der Waals surface area contributed by atoms with Crippen LogP contribution in [0.5, 0.6) is 0 Å². The zero-order chi connectivity index (χ0) is 18.3. The largest absolute Gasteiger partial charge is 0.324 e. The number of nitrogens with zero attached hydrogens (tertiary/aromatic N) is 3. The van der Waals surface area contributed by atoms with Crippen molar-refractivity contribution in [2.24, 2.45) is 0 Å². The van der Waals surface area contributed by atoms with Crippen molar-refractivity contribution in [3.8, 4) is 0 Å². The highest BCUT2D eigenvalue weighted by atomic mass is 15.4. The number of hydrogen-bond acceptors (Lipinski definition) is 3. The first-order valence-electron chi connectivity index (χ1n) is 9.09. The van der Waals surface area contributed by atoms with E-state index < -0.39 is 0 Å². The quantitative estimate of drug-likeness (QED) is 0.721. The molecule has 132 valence electrons. The SMILES string of the molecule is Cc1ccc(C2=C[C@H](c3ccc(C(C)C)cc3)n3ncnc3N2)cc1C. The Morgan fingerprint density at radius 2 is 1.77 bits per heavy atom. The molecule has 1 aliphatic rings. The Labute approximate surface area is 154 Å². The first kappa shape index (κ1) is 16.6. The number of nitrogens with one attached hydrogen (secondary N) is 1. The molecule has 0 unspecified atom stereocenters. The number of hydrogen-bond donors (Lipinski definition) is 1. The molecule has 4 nitrogen and oxygen atoms in total. The minimum atomic E-state index is 0.0339. The molecule has 0 amide bonds. The Balaban J connectivity index is 1.76. The van der Waals surface area contributed by atoms with Crippen LogP contribution in [-0.2, 0) is 0 Å². The van der Waals surface area contributed by atoms with E-state index in [0.29, 0.717) is 5.92 Å². The molecule has 0 saturated heterocycles. The maximum atomic E-state index is 4.43. The Morgan fingerprint density at radius 1 is 1.00 bits per heavy atom. The summed E-state index contributed by atoms with van der Waals surface area (Å²) in [6.45, 7) is 8.71. The summed E-state index contributed by atoms with van der Waals surface area (Å²) in [4.78, 5) is 4.39. The van der Waals surface area contributed by atoms with Gasteiger partial charge in [0.15, 0.2) is 0 Å². The van der Waals surface area contributed by atoms with Crippen molar-refractivity contribution in [1.29, 1.82) is 0 Å². The molecule has 0 aliphatic carbocycles. The van der Waals surface area contributed by atoms with Crippen LogP contribution in [0.3, 0.4) is 0 Å². The summed E-state index contributed by atoms with van der Waals surface area (Å²) in [7, 11) is 0. The molecule has 0 fully saturated rings. The number of benzene rings is 2.